The highest BCUT2D eigenvalue weighted by Crippen LogP contribution is 2.23. The van der Waals surface area contributed by atoms with Crippen LogP contribution in [0.3, 0.4) is 0 Å². The summed E-state index contributed by atoms with van der Waals surface area (Å²) in [6, 6.07) is 15.3. The molecule has 0 aliphatic rings. The summed E-state index contributed by atoms with van der Waals surface area (Å²) in [7, 11) is 0. The van der Waals surface area contributed by atoms with Gasteiger partial charge in [0.25, 0.3) is 0 Å². The van der Waals surface area contributed by atoms with Crippen LogP contribution in [0, 0.1) is 5.82 Å². The molecule has 1 N–H and O–H groups in total. The lowest BCUT2D eigenvalue weighted by Crippen LogP contribution is -2.13. The van der Waals surface area contributed by atoms with E-state index >= 15 is 0 Å². The predicted octanol–water partition coefficient (Wildman–Crippen LogP) is 4.62. The van der Waals surface area contributed by atoms with Gasteiger partial charge in [-0.1, -0.05) is 31.2 Å². The van der Waals surface area contributed by atoms with Crippen molar-refractivity contribution >= 4 is 11.8 Å². The summed E-state index contributed by atoms with van der Waals surface area (Å²) in [5.41, 5.74) is 2.31. The molecular weight excluding hydrogens is 269 g/mol. The zero-order chi connectivity index (χ0) is 14.2. The largest absolute Gasteiger partial charge is 0.313 e. The molecule has 0 aliphatic heterocycles. The Morgan fingerprint density at radius 2 is 1.85 bits per heavy atom. The Morgan fingerprint density at radius 3 is 2.65 bits per heavy atom. The molecular formula is C17H20FNS. The van der Waals surface area contributed by atoms with Gasteiger partial charge in [0.15, 0.2) is 0 Å². The van der Waals surface area contributed by atoms with Crippen molar-refractivity contribution in [3.8, 4) is 0 Å². The zero-order valence-corrected chi connectivity index (χ0v) is 12.5. The van der Waals surface area contributed by atoms with Gasteiger partial charge in [-0.05, 0) is 48.4 Å². The van der Waals surface area contributed by atoms with E-state index in [9.17, 15) is 4.39 Å². The minimum absolute atomic E-state index is 0.166. The van der Waals surface area contributed by atoms with E-state index in [1.165, 1.54) is 16.5 Å². The standard InChI is InChI=1S/C17H20FNS/c1-2-9-19-12-14-5-4-8-17(11-14)20-13-15-6-3-7-16(18)10-15/h3-8,10-11,19H,2,9,12-13H2,1H3. The molecule has 2 rings (SSSR count). The van der Waals surface area contributed by atoms with Crippen molar-refractivity contribution < 1.29 is 4.39 Å². The molecule has 0 fully saturated rings. The zero-order valence-electron chi connectivity index (χ0n) is 11.7. The number of hydrogen-bond acceptors (Lipinski definition) is 2. The van der Waals surface area contributed by atoms with Crippen LogP contribution in [0.1, 0.15) is 24.5 Å². The third kappa shape index (κ3) is 4.99. The summed E-state index contributed by atoms with van der Waals surface area (Å²) >= 11 is 1.74. The maximum absolute atomic E-state index is 13.1. The summed E-state index contributed by atoms with van der Waals surface area (Å²) in [6.45, 7) is 4.11. The number of halogens is 1. The molecule has 0 saturated carbocycles. The predicted molar refractivity (Wildman–Crippen MR) is 84.4 cm³/mol. The molecule has 20 heavy (non-hydrogen) atoms. The molecule has 0 saturated heterocycles. The third-order valence-corrected chi connectivity index (χ3v) is 4.01. The van der Waals surface area contributed by atoms with E-state index in [4.69, 9.17) is 0 Å². The number of nitrogens with one attached hydrogen (secondary N) is 1. The molecule has 0 spiro atoms. The van der Waals surface area contributed by atoms with E-state index in [-0.39, 0.29) is 5.82 Å². The van der Waals surface area contributed by atoms with Crippen LogP contribution in [0.5, 0.6) is 0 Å². The molecule has 0 unspecified atom stereocenters. The van der Waals surface area contributed by atoms with Crippen LogP contribution in [-0.4, -0.2) is 6.54 Å². The fourth-order valence-corrected chi connectivity index (χ4v) is 2.87. The highest BCUT2D eigenvalue weighted by atomic mass is 32.2. The molecule has 0 aromatic heterocycles. The van der Waals surface area contributed by atoms with Gasteiger partial charge in [-0.3, -0.25) is 0 Å². The van der Waals surface area contributed by atoms with Crippen LogP contribution in [-0.2, 0) is 12.3 Å². The maximum Gasteiger partial charge on any atom is 0.123 e. The second kappa shape index (κ2) is 8.08. The Kier molecular flexibility index (Phi) is 6.09. The summed E-state index contributed by atoms with van der Waals surface area (Å²) < 4.78 is 13.1. The van der Waals surface area contributed by atoms with Gasteiger partial charge in [-0.2, -0.15) is 0 Å². The van der Waals surface area contributed by atoms with Gasteiger partial charge in [-0.25, -0.2) is 4.39 Å². The minimum Gasteiger partial charge on any atom is -0.313 e. The van der Waals surface area contributed by atoms with Gasteiger partial charge < -0.3 is 5.32 Å². The fraction of sp³-hybridized carbons (Fsp3) is 0.294. The van der Waals surface area contributed by atoms with Crippen molar-refractivity contribution in [3.63, 3.8) is 0 Å². The first kappa shape index (κ1) is 15.1. The van der Waals surface area contributed by atoms with Crippen LogP contribution in [0.4, 0.5) is 4.39 Å². The first-order chi connectivity index (χ1) is 9.78. The molecule has 0 aliphatic carbocycles. The lowest BCUT2D eigenvalue weighted by atomic mass is 10.2. The molecule has 106 valence electrons. The fourth-order valence-electron chi connectivity index (χ4n) is 1.95. The van der Waals surface area contributed by atoms with Gasteiger partial charge in [0.1, 0.15) is 5.82 Å². The normalized spacial score (nSPS) is 10.7. The van der Waals surface area contributed by atoms with Crippen molar-refractivity contribution in [2.75, 3.05) is 6.54 Å². The van der Waals surface area contributed by atoms with Gasteiger partial charge in [0.2, 0.25) is 0 Å². The van der Waals surface area contributed by atoms with Crippen molar-refractivity contribution in [2.24, 2.45) is 0 Å². The Morgan fingerprint density at radius 1 is 1.05 bits per heavy atom. The Hall–Kier alpha value is -1.32. The summed E-state index contributed by atoms with van der Waals surface area (Å²) in [5, 5.41) is 3.40. The Balaban J connectivity index is 1.91. The Labute approximate surface area is 124 Å². The van der Waals surface area contributed by atoms with Gasteiger partial charge in [0, 0.05) is 17.2 Å². The molecule has 0 radical (unpaired) electrons. The van der Waals surface area contributed by atoms with Crippen LogP contribution in [0.25, 0.3) is 0 Å². The van der Waals surface area contributed by atoms with Crippen LogP contribution in [0.15, 0.2) is 53.4 Å². The van der Waals surface area contributed by atoms with Crippen molar-refractivity contribution in [3.05, 3.63) is 65.5 Å². The van der Waals surface area contributed by atoms with Crippen molar-refractivity contribution in [2.45, 2.75) is 30.5 Å². The second-order valence-electron chi connectivity index (χ2n) is 4.74. The number of benzene rings is 2. The SMILES string of the molecule is CCCNCc1cccc(SCc2cccc(F)c2)c1. The molecule has 2 aromatic rings. The van der Waals surface area contributed by atoms with Gasteiger partial charge >= 0.3 is 0 Å². The second-order valence-corrected chi connectivity index (χ2v) is 5.79. The first-order valence-electron chi connectivity index (χ1n) is 6.95. The topological polar surface area (TPSA) is 12.0 Å². The number of rotatable bonds is 7. The number of hydrogen-bond donors (Lipinski definition) is 1. The van der Waals surface area contributed by atoms with E-state index in [0.717, 1.165) is 30.8 Å². The maximum atomic E-state index is 13.1. The average molecular weight is 289 g/mol. The molecule has 0 amide bonds. The van der Waals surface area contributed by atoms with Crippen LogP contribution in [0.2, 0.25) is 0 Å². The van der Waals surface area contributed by atoms with E-state index in [1.54, 1.807) is 23.9 Å². The van der Waals surface area contributed by atoms with Crippen LogP contribution >= 0.6 is 11.8 Å². The highest BCUT2D eigenvalue weighted by Gasteiger charge is 2.00. The molecule has 0 atom stereocenters. The van der Waals surface area contributed by atoms with E-state index < -0.39 is 0 Å². The van der Waals surface area contributed by atoms with E-state index in [0.29, 0.717) is 0 Å². The highest BCUT2D eigenvalue weighted by molar-refractivity contribution is 7.98. The molecule has 1 nitrogen and oxygen atoms in total. The summed E-state index contributed by atoms with van der Waals surface area (Å²) in [4.78, 5) is 1.23. The smallest absolute Gasteiger partial charge is 0.123 e. The van der Waals surface area contributed by atoms with Crippen LogP contribution < -0.4 is 5.32 Å². The quantitative estimate of drug-likeness (QED) is 0.590. The van der Waals surface area contributed by atoms with E-state index in [2.05, 4.69) is 36.5 Å². The van der Waals surface area contributed by atoms with Gasteiger partial charge in [-0.15, -0.1) is 11.8 Å². The lowest BCUT2D eigenvalue weighted by molar-refractivity contribution is 0.626. The molecule has 0 heterocycles. The Bertz CT molecular complexity index is 542. The summed E-state index contributed by atoms with van der Waals surface area (Å²) in [6.07, 6.45) is 1.15. The molecule has 3 heteroatoms. The minimum atomic E-state index is -0.166. The van der Waals surface area contributed by atoms with Crippen molar-refractivity contribution in [1.82, 2.24) is 5.32 Å². The average Bonchev–Trinajstić information content (AvgIpc) is 2.46. The van der Waals surface area contributed by atoms with Crippen molar-refractivity contribution in [1.29, 1.82) is 0 Å². The molecule has 2 aromatic carbocycles. The van der Waals surface area contributed by atoms with E-state index in [1.807, 2.05) is 6.07 Å². The monoisotopic (exact) mass is 289 g/mol. The van der Waals surface area contributed by atoms with Gasteiger partial charge in [0.05, 0.1) is 0 Å². The third-order valence-electron chi connectivity index (χ3n) is 2.95. The summed E-state index contributed by atoms with van der Waals surface area (Å²) in [5.74, 6) is 0.629. The number of thioether (sulfide) groups is 1. The molecule has 0 bridgehead atoms. The lowest BCUT2D eigenvalue weighted by Gasteiger charge is -2.06. The first-order valence-corrected chi connectivity index (χ1v) is 7.93.